The summed E-state index contributed by atoms with van der Waals surface area (Å²) in [6.07, 6.45) is -2.65. The van der Waals surface area contributed by atoms with Crippen LogP contribution in [0.25, 0.3) is 0 Å². The summed E-state index contributed by atoms with van der Waals surface area (Å²) in [4.78, 5) is 10.4. The number of nitrogens with two attached hydrogens (primary N) is 1. The molecule has 0 atom stereocenters. The van der Waals surface area contributed by atoms with Crippen molar-refractivity contribution in [3.63, 3.8) is 0 Å². The van der Waals surface area contributed by atoms with E-state index in [2.05, 4.69) is 5.32 Å². The first-order valence-electron chi connectivity index (χ1n) is 5.24. The number of rotatable bonds is 8. The largest absolute Gasteiger partial charge is 0.471 e. The van der Waals surface area contributed by atoms with E-state index >= 15 is 0 Å². The highest BCUT2D eigenvalue weighted by Crippen LogP contribution is 2.13. The Kier molecular flexibility index (Phi) is 7.92. The smallest absolute Gasteiger partial charge is 0.348 e. The third kappa shape index (κ3) is 8.49. The molecule has 0 heterocycles. The van der Waals surface area contributed by atoms with Crippen molar-refractivity contribution in [1.82, 2.24) is 10.6 Å². The Balaban J connectivity index is 3.25. The average Bonchev–Trinajstić information content (AvgIpc) is 2.20. The lowest BCUT2D eigenvalue weighted by Crippen LogP contribution is -2.37. The Bertz CT molecular complexity index is 197. The molecule has 0 unspecified atom stereocenters. The minimum atomic E-state index is -4.78. The van der Waals surface area contributed by atoms with E-state index in [9.17, 15) is 18.0 Å². The lowest BCUT2D eigenvalue weighted by molar-refractivity contribution is -0.173. The quantitative estimate of drug-likeness (QED) is 0.538. The topological polar surface area (TPSA) is 67.2 Å². The number of carbonyl (C=O) groups is 1. The standard InChI is InChI=1S/C9H18F3N3O/c10-9(11,12)8(16)15-7-2-1-5-14-6-3-4-13/h14H,1-7,13H2,(H,15,16). The van der Waals surface area contributed by atoms with Crippen LogP contribution in [-0.4, -0.2) is 38.3 Å². The van der Waals surface area contributed by atoms with Gasteiger partial charge in [-0.25, -0.2) is 0 Å². The number of hydrogen-bond acceptors (Lipinski definition) is 3. The summed E-state index contributed by atoms with van der Waals surface area (Å²) in [6, 6.07) is 0. The zero-order valence-corrected chi connectivity index (χ0v) is 9.07. The van der Waals surface area contributed by atoms with Crippen molar-refractivity contribution < 1.29 is 18.0 Å². The summed E-state index contributed by atoms with van der Waals surface area (Å²) in [7, 11) is 0. The van der Waals surface area contributed by atoms with E-state index in [4.69, 9.17) is 5.73 Å². The van der Waals surface area contributed by atoms with Crippen LogP contribution >= 0.6 is 0 Å². The SMILES string of the molecule is NCCCNCCCCNC(=O)C(F)(F)F. The van der Waals surface area contributed by atoms with E-state index < -0.39 is 12.1 Å². The average molecular weight is 241 g/mol. The molecular formula is C9H18F3N3O. The highest BCUT2D eigenvalue weighted by atomic mass is 19.4. The Labute approximate surface area is 92.8 Å². The Morgan fingerprint density at radius 1 is 1.06 bits per heavy atom. The molecule has 96 valence electrons. The fourth-order valence-electron chi connectivity index (χ4n) is 1.03. The number of nitrogens with one attached hydrogen (secondary N) is 2. The van der Waals surface area contributed by atoms with Crippen molar-refractivity contribution >= 4 is 5.91 Å². The van der Waals surface area contributed by atoms with Crippen molar-refractivity contribution in [2.75, 3.05) is 26.2 Å². The minimum Gasteiger partial charge on any atom is -0.348 e. The van der Waals surface area contributed by atoms with Gasteiger partial charge in [-0.15, -0.1) is 0 Å². The summed E-state index contributed by atoms with van der Waals surface area (Å²) < 4.78 is 35.2. The second-order valence-corrected chi connectivity index (χ2v) is 3.35. The van der Waals surface area contributed by atoms with Gasteiger partial charge in [-0.1, -0.05) is 0 Å². The summed E-state index contributed by atoms with van der Waals surface area (Å²) in [5.74, 6) is -1.87. The molecule has 1 amide bonds. The molecule has 0 aliphatic heterocycles. The number of carbonyl (C=O) groups excluding carboxylic acids is 1. The molecular weight excluding hydrogens is 223 g/mol. The summed E-state index contributed by atoms with van der Waals surface area (Å²) in [6.45, 7) is 2.21. The van der Waals surface area contributed by atoms with Crippen LogP contribution in [-0.2, 0) is 4.79 Å². The third-order valence-corrected chi connectivity index (χ3v) is 1.88. The second-order valence-electron chi connectivity index (χ2n) is 3.35. The van der Waals surface area contributed by atoms with Crippen molar-refractivity contribution in [3.05, 3.63) is 0 Å². The van der Waals surface area contributed by atoms with E-state index in [1.54, 1.807) is 0 Å². The van der Waals surface area contributed by atoms with Crippen LogP contribution in [0.2, 0.25) is 0 Å². The van der Waals surface area contributed by atoms with E-state index in [0.29, 0.717) is 13.0 Å². The highest BCUT2D eigenvalue weighted by molar-refractivity contribution is 5.81. The number of amides is 1. The van der Waals surface area contributed by atoms with Gasteiger partial charge in [0.25, 0.3) is 0 Å². The maximum atomic E-state index is 11.7. The van der Waals surface area contributed by atoms with Gasteiger partial charge in [-0.3, -0.25) is 4.79 Å². The van der Waals surface area contributed by atoms with Crippen LogP contribution in [0.5, 0.6) is 0 Å². The molecule has 0 spiro atoms. The Morgan fingerprint density at radius 2 is 1.62 bits per heavy atom. The molecule has 0 radical (unpaired) electrons. The molecule has 0 rings (SSSR count). The zero-order valence-electron chi connectivity index (χ0n) is 9.07. The van der Waals surface area contributed by atoms with Crippen molar-refractivity contribution in [2.24, 2.45) is 5.73 Å². The number of alkyl halides is 3. The van der Waals surface area contributed by atoms with E-state index in [0.717, 1.165) is 25.9 Å². The van der Waals surface area contributed by atoms with Crippen LogP contribution in [0.15, 0.2) is 0 Å². The molecule has 16 heavy (non-hydrogen) atoms. The zero-order chi connectivity index (χ0) is 12.4. The van der Waals surface area contributed by atoms with Crippen molar-refractivity contribution in [3.8, 4) is 0 Å². The second kappa shape index (κ2) is 8.35. The van der Waals surface area contributed by atoms with Gasteiger partial charge in [-0.05, 0) is 38.9 Å². The van der Waals surface area contributed by atoms with Gasteiger partial charge in [0.2, 0.25) is 0 Å². The van der Waals surface area contributed by atoms with Gasteiger partial charge in [0.05, 0.1) is 0 Å². The summed E-state index contributed by atoms with van der Waals surface area (Å²) in [5, 5.41) is 4.90. The first-order valence-corrected chi connectivity index (χ1v) is 5.24. The highest BCUT2D eigenvalue weighted by Gasteiger charge is 2.37. The molecule has 0 aromatic rings. The molecule has 0 fully saturated rings. The Hall–Kier alpha value is -0.820. The predicted molar refractivity (Wildman–Crippen MR) is 54.8 cm³/mol. The van der Waals surface area contributed by atoms with Crippen molar-refractivity contribution in [1.29, 1.82) is 0 Å². The fraction of sp³-hybridized carbons (Fsp3) is 0.889. The first-order chi connectivity index (χ1) is 7.48. The first kappa shape index (κ1) is 15.2. The van der Waals surface area contributed by atoms with Gasteiger partial charge < -0.3 is 16.4 Å². The van der Waals surface area contributed by atoms with Crippen LogP contribution in [0.3, 0.4) is 0 Å². The molecule has 0 aliphatic rings. The predicted octanol–water partition coefficient (Wildman–Crippen LogP) is 0.383. The van der Waals surface area contributed by atoms with Gasteiger partial charge in [0, 0.05) is 6.54 Å². The van der Waals surface area contributed by atoms with Crippen molar-refractivity contribution in [2.45, 2.75) is 25.4 Å². The summed E-state index contributed by atoms with van der Waals surface area (Å²) >= 11 is 0. The fourth-order valence-corrected chi connectivity index (χ4v) is 1.03. The monoisotopic (exact) mass is 241 g/mol. The van der Waals surface area contributed by atoms with Crippen LogP contribution < -0.4 is 16.4 Å². The molecule has 4 nitrogen and oxygen atoms in total. The maximum absolute atomic E-state index is 11.7. The lowest BCUT2D eigenvalue weighted by atomic mass is 10.3. The normalized spacial score (nSPS) is 11.5. The molecule has 7 heteroatoms. The van der Waals surface area contributed by atoms with Crippen LogP contribution in [0.4, 0.5) is 13.2 Å². The van der Waals surface area contributed by atoms with Gasteiger partial charge in [-0.2, -0.15) is 13.2 Å². The number of unbranched alkanes of at least 4 members (excludes halogenated alkanes) is 1. The molecule has 0 saturated heterocycles. The molecule has 0 aliphatic carbocycles. The van der Waals surface area contributed by atoms with Gasteiger partial charge >= 0.3 is 12.1 Å². The van der Waals surface area contributed by atoms with Crippen LogP contribution in [0.1, 0.15) is 19.3 Å². The molecule has 0 saturated carbocycles. The van der Waals surface area contributed by atoms with Gasteiger partial charge in [0.1, 0.15) is 0 Å². The molecule has 0 aromatic carbocycles. The minimum absolute atomic E-state index is 0.0525. The van der Waals surface area contributed by atoms with Crippen LogP contribution in [0, 0.1) is 0 Å². The number of halogens is 3. The third-order valence-electron chi connectivity index (χ3n) is 1.88. The van der Waals surface area contributed by atoms with E-state index in [1.807, 2.05) is 5.32 Å². The Morgan fingerprint density at radius 3 is 2.19 bits per heavy atom. The molecule has 4 N–H and O–H groups in total. The molecule has 0 bridgehead atoms. The van der Waals surface area contributed by atoms with E-state index in [1.165, 1.54) is 0 Å². The number of hydrogen-bond donors (Lipinski definition) is 3. The maximum Gasteiger partial charge on any atom is 0.471 e. The van der Waals surface area contributed by atoms with E-state index in [-0.39, 0.29) is 6.54 Å². The molecule has 0 aromatic heterocycles. The lowest BCUT2D eigenvalue weighted by Gasteiger charge is -2.07. The summed E-state index contributed by atoms with van der Waals surface area (Å²) in [5.41, 5.74) is 5.27. The van der Waals surface area contributed by atoms with Gasteiger partial charge in [0.15, 0.2) is 0 Å².